The molecule has 0 aliphatic heterocycles. The van der Waals surface area contributed by atoms with Crippen LogP contribution in [0.25, 0.3) is 0 Å². The summed E-state index contributed by atoms with van der Waals surface area (Å²) in [5.41, 5.74) is 4.70. The first-order valence-corrected chi connectivity index (χ1v) is 4.64. The van der Waals surface area contributed by atoms with Gasteiger partial charge in [-0.3, -0.25) is 0 Å². The summed E-state index contributed by atoms with van der Waals surface area (Å²) in [6.45, 7) is 7.10. The summed E-state index contributed by atoms with van der Waals surface area (Å²) >= 11 is 0. The van der Waals surface area contributed by atoms with Gasteiger partial charge in [-0.25, -0.2) is 4.79 Å². The predicted octanol–water partition coefficient (Wildman–Crippen LogP) is 0.219. The Hall–Kier alpha value is -0.810. The molecule has 0 aliphatic carbocycles. The van der Waals surface area contributed by atoms with E-state index in [0.29, 0.717) is 0 Å². The van der Waals surface area contributed by atoms with Crippen LogP contribution in [0.1, 0.15) is 27.7 Å². The van der Waals surface area contributed by atoms with E-state index < -0.39 is 23.8 Å². The molecule has 5 nitrogen and oxygen atoms in total. The van der Waals surface area contributed by atoms with Crippen LogP contribution in [0.5, 0.6) is 0 Å². The highest BCUT2D eigenvalue weighted by Gasteiger charge is 2.20. The number of hydrogen-bond acceptors (Lipinski definition) is 4. The number of carbonyl (C=O) groups excluding carboxylic acids is 1. The summed E-state index contributed by atoms with van der Waals surface area (Å²) in [7, 11) is 0. The molecule has 0 radical (unpaired) electrons. The fraction of sp³-hybridized carbons (Fsp3) is 0.889. The van der Waals surface area contributed by atoms with Crippen LogP contribution in [-0.4, -0.2) is 35.5 Å². The van der Waals surface area contributed by atoms with Gasteiger partial charge < -0.3 is 20.9 Å². The molecular formula is C9H20N2O3. The number of alkyl carbamates (subject to hydrolysis) is 1. The van der Waals surface area contributed by atoms with Crippen LogP contribution in [0.4, 0.5) is 4.79 Å². The minimum atomic E-state index is -0.748. The molecule has 14 heavy (non-hydrogen) atoms. The van der Waals surface area contributed by atoms with Crippen LogP contribution >= 0.6 is 0 Å². The van der Waals surface area contributed by atoms with Gasteiger partial charge in [0.25, 0.3) is 0 Å². The molecule has 0 heterocycles. The number of ether oxygens (including phenoxy) is 1. The predicted molar refractivity (Wildman–Crippen MR) is 53.9 cm³/mol. The maximum absolute atomic E-state index is 11.2. The molecule has 0 saturated carbocycles. The lowest BCUT2D eigenvalue weighted by Gasteiger charge is -2.23. The van der Waals surface area contributed by atoms with Crippen LogP contribution in [0.15, 0.2) is 0 Å². The Balaban J connectivity index is 3.95. The minimum absolute atomic E-state index is 0.108. The topological polar surface area (TPSA) is 84.6 Å². The van der Waals surface area contributed by atoms with E-state index in [1.54, 1.807) is 27.7 Å². The highest BCUT2D eigenvalue weighted by atomic mass is 16.6. The second kappa shape index (κ2) is 5.17. The fourth-order valence-electron chi connectivity index (χ4n) is 0.794. The summed E-state index contributed by atoms with van der Waals surface area (Å²) in [5.74, 6) is 0. The molecule has 0 rings (SSSR count). The molecule has 0 aromatic rings. The van der Waals surface area contributed by atoms with Crippen molar-refractivity contribution in [2.45, 2.75) is 45.4 Å². The van der Waals surface area contributed by atoms with Gasteiger partial charge in [-0.2, -0.15) is 0 Å². The highest BCUT2D eigenvalue weighted by molar-refractivity contribution is 5.68. The molecule has 2 atom stereocenters. The Kier molecular flexibility index (Phi) is 4.87. The standard InChI is InChI=1S/C9H20N2O3/c1-6(7(12)5-10)11-8(13)14-9(2,3)4/h6-7,12H,5,10H2,1-4H3,(H,11,13). The first-order valence-electron chi connectivity index (χ1n) is 4.64. The van der Waals surface area contributed by atoms with E-state index in [4.69, 9.17) is 10.5 Å². The Morgan fingerprint density at radius 2 is 2.07 bits per heavy atom. The van der Waals surface area contributed by atoms with Crippen LogP contribution in [0, 0.1) is 0 Å². The molecule has 2 unspecified atom stereocenters. The number of nitrogens with one attached hydrogen (secondary N) is 1. The Bertz CT molecular complexity index is 189. The Labute approximate surface area is 84.6 Å². The van der Waals surface area contributed by atoms with E-state index in [-0.39, 0.29) is 6.54 Å². The zero-order valence-corrected chi connectivity index (χ0v) is 9.20. The number of hydrogen-bond donors (Lipinski definition) is 3. The van der Waals surface area contributed by atoms with Crippen molar-refractivity contribution in [2.75, 3.05) is 6.54 Å². The average Bonchev–Trinajstić information content (AvgIpc) is 1.99. The number of carbonyl (C=O) groups is 1. The molecule has 0 fully saturated rings. The van der Waals surface area contributed by atoms with Gasteiger partial charge in [0, 0.05) is 6.54 Å². The zero-order chi connectivity index (χ0) is 11.4. The molecule has 5 heteroatoms. The average molecular weight is 204 g/mol. The third kappa shape index (κ3) is 5.77. The third-order valence-corrected chi connectivity index (χ3v) is 1.56. The largest absolute Gasteiger partial charge is 0.444 e. The first-order chi connectivity index (χ1) is 6.26. The van der Waals surface area contributed by atoms with Crippen molar-refractivity contribution in [2.24, 2.45) is 5.73 Å². The molecular weight excluding hydrogens is 184 g/mol. The monoisotopic (exact) mass is 204 g/mol. The number of aliphatic hydroxyl groups is 1. The molecule has 0 aromatic heterocycles. The first kappa shape index (κ1) is 13.2. The maximum atomic E-state index is 11.2. The van der Waals surface area contributed by atoms with E-state index >= 15 is 0 Å². The van der Waals surface area contributed by atoms with Crippen LogP contribution in [0.3, 0.4) is 0 Å². The van der Waals surface area contributed by atoms with Gasteiger partial charge in [-0.1, -0.05) is 0 Å². The summed E-state index contributed by atoms with van der Waals surface area (Å²) in [5, 5.41) is 11.8. The maximum Gasteiger partial charge on any atom is 0.407 e. The Morgan fingerprint density at radius 3 is 2.43 bits per heavy atom. The zero-order valence-electron chi connectivity index (χ0n) is 9.20. The van der Waals surface area contributed by atoms with Crippen molar-refractivity contribution in [3.8, 4) is 0 Å². The van der Waals surface area contributed by atoms with Gasteiger partial charge in [0.15, 0.2) is 0 Å². The van der Waals surface area contributed by atoms with Crippen LogP contribution in [0.2, 0.25) is 0 Å². The van der Waals surface area contributed by atoms with Crippen molar-refractivity contribution in [3.05, 3.63) is 0 Å². The van der Waals surface area contributed by atoms with Crippen LogP contribution < -0.4 is 11.1 Å². The second-order valence-corrected chi connectivity index (χ2v) is 4.24. The minimum Gasteiger partial charge on any atom is -0.444 e. The van der Waals surface area contributed by atoms with Gasteiger partial charge in [0.1, 0.15) is 5.60 Å². The summed E-state index contributed by atoms with van der Waals surface area (Å²) < 4.78 is 5.00. The van der Waals surface area contributed by atoms with Gasteiger partial charge >= 0.3 is 6.09 Å². The molecule has 0 aromatic carbocycles. The quantitative estimate of drug-likeness (QED) is 0.614. The van der Waals surface area contributed by atoms with E-state index in [0.717, 1.165) is 0 Å². The molecule has 0 aliphatic rings. The highest BCUT2D eigenvalue weighted by Crippen LogP contribution is 2.06. The van der Waals surface area contributed by atoms with Crippen LogP contribution in [-0.2, 0) is 4.74 Å². The molecule has 84 valence electrons. The number of aliphatic hydroxyl groups excluding tert-OH is 1. The van der Waals surface area contributed by atoms with Gasteiger partial charge in [0.05, 0.1) is 12.1 Å². The van der Waals surface area contributed by atoms with Gasteiger partial charge in [-0.15, -0.1) is 0 Å². The van der Waals surface area contributed by atoms with Crippen molar-refractivity contribution in [1.29, 1.82) is 0 Å². The molecule has 1 amide bonds. The van der Waals surface area contributed by atoms with Gasteiger partial charge in [-0.05, 0) is 27.7 Å². The number of rotatable bonds is 3. The number of amides is 1. The lowest BCUT2D eigenvalue weighted by Crippen LogP contribution is -2.46. The third-order valence-electron chi connectivity index (χ3n) is 1.56. The van der Waals surface area contributed by atoms with Crippen molar-refractivity contribution in [1.82, 2.24) is 5.32 Å². The van der Waals surface area contributed by atoms with E-state index in [1.165, 1.54) is 0 Å². The second-order valence-electron chi connectivity index (χ2n) is 4.24. The van der Waals surface area contributed by atoms with E-state index in [2.05, 4.69) is 5.32 Å². The van der Waals surface area contributed by atoms with Crippen molar-refractivity contribution < 1.29 is 14.6 Å². The fourth-order valence-corrected chi connectivity index (χ4v) is 0.794. The summed E-state index contributed by atoms with van der Waals surface area (Å²) in [6.07, 6.45) is -1.29. The Morgan fingerprint density at radius 1 is 1.57 bits per heavy atom. The molecule has 4 N–H and O–H groups in total. The number of nitrogens with two attached hydrogens (primary N) is 1. The molecule has 0 saturated heterocycles. The van der Waals surface area contributed by atoms with E-state index in [1.807, 2.05) is 0 Å². The molecule has 0 spiro atoms. The SMILES string of the molecule is CC(NC(=O)OC(C)(C)C)C(O)CN. The lowest BCUT2D eigenvalue weighted by molar-refractivity contribution is 0.0443. The van der Waals surface area contributed by atoms with Crippen molar-refractivity contribution >= 4 is 6.09 Å². The lowest BCUT2D eigenvalue weighted by atomic mass is 10.2. The summed E-state index contributed by atoms with van der Waals surface area (Å²) in [4.78, 5) is 11.2. The molecule has 0 bridgehead atoms. The summed E-state index contributed by atoms with van der Waals surface area (Å²) in [6, 6.07) is -0.408. The van der Waals surface area contributed by atoms with E-state index in [9.17, 15) is 9.90 Å². The van der Waals surface area contributed by atoms with Gasteiger partial charge in [0.2, 0.25) is 0 Å². The smallest absolute Gasteiger partial charge is 0.407 e. The normalized spacial score (nSPS) is 15.9. The van der Waals surface area contributed by atoms with Crippen molar-refractivity contribution in [3.63, 3.8) is 0 Å².